The van der Waals surface area contributed by atoms with Crippen LogP contribution in [0.4, 0.5) is 17.1 Å². The van der Waals surface area contributed by atoms with Crippen LogP contribution in [0, 0.1) is 0 Å². The first-order chi connectivity index (χ1) is 8.04. The molecule has 0 aliphatic carbocycles. The quantitative estimate of drug-likeness (QED) is 0.753. The van der Waals surface area contributed by atoms with Gasteiger partial charge in [0.05, 0.1) is 18.5 Å². The largest absolute Gasteiger partial charge is 0.495 e. The third kappa shape index (κ3) is 1.98. The first-order valence-corrected chi connectivity index (χ1v) is 5.68. The molecule has 0 aromatic heterocycles. The van der Waals surface area contributed by atoms with Gasteiger partial charge in [0.1, 0.15) is 11.4 Å². The van der Waals surface area contributed by atoms with E-state index in [0.29, 0.717) is 23.2 Å². The van der Waals surface area contributed by atoms with E-state index in [9.17, 15) is 0 Å². The predicted molar refractivity (Wildman–Crippen MR) is 71.5 cm³/mol. The zero-order valence-corrected chi connectivity index (χ0v) is 10.6. The van der Waals surface area contributed by atoms with E-state index in [2.05, 4.69) is 23.9 Å². The van der Waals surface area contributed by atoms with Gasteiger partial charge in [-0.15, -0.1) is 0 Å². The summed E-state index contributed by atoms with van der Waals surface area (Å²) < 4.78 is 5.22. The van der Waals surface area contributed by atoms with Crippen molar-refractivity contribution in [3.05, 3.63) is 12.1 Å². The van der Waals surface area contributed by atoms with Crippen molar-refractivity contribution in [2.24, 2.45) is 0 Å². The predicted octanol–water partition coefficient (Wildman–Crippen LogP) is 0.610. The molecule has 1 aromatic rings. The summed E-state index contributed by atoms with van der Waals surface area (Å²) in [5, 5.41) is 0. The normalized spacial score (nSPS) is 16.1. The second-order valence-electron chi connectivity index (χ2n) is 4.64. The maximum atomic E-state index is 6.07. The summed E-state index contributed by atoms with van der Waals surface area (Å²) in [7, 11) is 5.78. The number of likely N-dealkylation sites (N-methyl/N-ethyl adjacent to an activating group) is 1. The van der Waals surface area contributed by atoms with Crippen LogP contribution < -0.4 is 21.1 Å². The fourth-order valence-electron chi connectivity index (χ4n) is 2.10. The molecule has 0 saturated carbocycles. The van der Waals surface area contributed by atoms with Gasteiger partial charge in [-0.1, -0.05) is 0 Å². The lowest BCUT2D eigenvalue weighted by molar-refractivity contribution is 0.247. The monoisotopic (exact) mass is 236 g/mol. The molecule has 94 valence electrons. The van der Waals surface area contributed by atoms with E-state index in [4.69, 9.17) is 16.2 Å². The molecule has 0 atom stereocenters. The topological polar surface area (TPSA) is 67.8 Å². The molecule has 0 amide bonds. The Kier molecular flexibility index (Phi) is 3.02. The summed E-state index contributed by atoms with van der Waals surface area (Å²) in [4.78, 5) is 4.40. The molecule has 1 saturated heterocycles. The van der Waals surface area contributed by atoms with Gasteiger partial charge >= 0.3 is 0 Å². The van der Waals surface area contributed by atoms with Crippen LogP contribution >= 0.6 is 0 Å². The van der Waals surface area contributed by atoms with Crippen molar-refractivity contribution in [3.8, 4) is 5.75 Å². The first kappa shape index (κ1) is 11.9. The lowest BCUT2D eigenvalue weighted by Crippen LogP contribution is -2.57. The smallest absolute Gasteiger partial charge is 0.144 e. The summed E-state index contributed by atoms with van der Waals surface area (Å²) in [6, 6.07) is 4.21. The number of ether oxygens (including phenoxy) is 1. The molecule has 1 heterocycles. The molecular formula is C12H20N4O. The zero-order valence-electron chi connectivity index (χ0n) is 10.6. The highest BCUT2D eigenvalue weighted by Gasteiger charge is 2.31. The summed E-state index contributed by atoms with van der Waals surface area (Å²) >= 11 is 0. The van der Waals surface area contributed by atoms with Crippen LogP contribution in [0.3, 0.4) is 0 Å². The van der Waals surface area contributed by atoms with Crippen LogP contribution in [0.25, 0.3) is 0 Å². The maximum Gasteiger partial charge on any atom is 0.144 e. The van der Waals surface area contributed by atoms with Gasteiger partial charge in [0.2, 0.25) is 0 Å². The van der Waals surface area contributed by atoms with Gasteiger partial charge in [-0.05, 0) is 26.2 Å². The Morgan fingerprint density at radius 2 is 1.94 bits per heavy atom. The van der Waals surface area contributed by atoms with Crippen LogP contribution in [-0.4, -0.2) is 45.2 Å². The summed E-state index contributed by atoms with van der Waals surface area (Å²) in [5.41, 5.74) is 14.3. The molecular weight excluding hydrogens is 216 g/mol. The molecule has 0 radical (unpaired) electrons. The highest BCUT2D eigenvalue weighted by molar-refractivity contribution is 5.85. The van der Waals surface area contributed by atoms with Gasteiger partial charge in [-0.3, -0.25) is 0 Å². The van der Waals surface area contributed by atoms with Gasteiger partial charge in [-0.2, -0.15) is 0 Å². The van der Waals surface area contributed by atoms with Gasteiger partial charge in [0.15, 0.2) is 0 Å². The molecule has 4 N–H and O–H groups in total. The second-order valence-corrected chi connectivity index (χ2v) is 4.64. The van der Waals surface area contributed by atoms with E-state index >= 15 is 0 Å². The fourth-order valence-corrected chi connectivity index (χ4v) is 2.10. The van der Waals surface area contributed by atoms with Crippen molar-refractivity contribution in [1.82, 2.24) is 4.90 Å². The van der Waals surface area contributed by atoms with E-state index in [1.54, 1.807) is 13.2 Å². The number of methoxy groups -OCH3 is 1. The van der Waals surface area contributed by atoms with Crippen LogP contribution in [-0.2, 0) is 0 Å². The van der Waals surface area contributed by atoms with Crippen molar-refractivity contribution in [2.45, 2.75) is 6.04 Å². The Labute approximate surface area is 102 Å². The first-order valence-electron chi connectivity index (χ1n) is 5.68. The minimum absolute atomic E-state index is 0.569. The Balaban J connectivity index is 2.22. The Morgan fingerprint density at radius 3 is 2.47 bits per heavy atom. The minimum Gasteiger partial charge on any atom is -0.495 e. The van der Waals surface area contributed by atoms with Crippen molar-refractivity contribution in [1.29, 1.82) is 0 Å². The Bertz CT molecular complexity index is 413. The Morgan fingerprint density at radius 1 is 1.29 bits per heavy atom. The average molecular weight is 236 g/mol. The fraction of sp³-hybridized carbons (Fsp3) is 0.500. The van der Waals surface area contributed by atoms with E-state index in [1.807, 2.05) is 6.07 Å². The molecule has 5 heteroatoms. The summed E-state index contributed by atoms with van der Waals surface area (Å²) in [6.45, 7) is 1.91. The van der Waals surface area contributed by atoms with Gasteiger partial charge in [0.25, 0.3) is 0 Å². The number of hydrogen-bond donors (Lipinski definition) is 2. The number of hydrogen-bond acceptors (Lipinski definition) is 5. The number of nitrogen functional groups attached to an aromatic ring is 2. The SMILES string of the molecule is COc1ccc(N)c(N2CC(N(C)C)C2)c1N. The molecule has 0 spiro atoms. The molecule has 0 unspecified atom stereocenters. The van der Waals surface area contributed by atoms with Gasteiger partial charge in [0, 0.05) is 19.1 Å². The van der Waals surface area contributed by atoms with Crippen LogP contribution in [0.15, 0.2) is 12.1 Å². The molecule has 5 nitrogen and oxygen atoms in total. The molecule has 1 aliphatic rings. The lowest BCUT2D eigenvalue weighted by Gasteiger charge is -2.45. The molecule has 0 bridgehead atoms. The standard InChI is InChI=1S/C12H20N4O/c1-15(2)8-6-16(7-8)12-9(13)4-5-10(17-3)11(12)14/h4-5,8H,6-7,13-14H2,1-3H3. The highest BCUT2D eigenvalue weighted by Crippen LogP contribution is 2.39. The molecule has 1 fully saturated rings. The lowest BCUT2D eigenvalue weighted by atomic mass is 10.0. The van der Waals surface area contributed by atoms with E-state index in [-0.39, 0.29) is 0 Å². The van der Waals surface area contributed by atoms with Crippen LogP contribution in [0.5, 0.6) is 5.75 Å². The molecule has 17 heavy (non-hydrogen) atoms. The zero-order chi connectivity index (χ0) is 12.6. The molecule has 1 aliphatic heterocycles. The minimum atomic E-state index is 0.569. The number of rotatable bonds is 3. The van der Waals surface area contributed by atoms with E-state index in [1.165, 1.54) is 0 Å². The third-order valence-electron chi connectivity index (χ3n) is 3.34. The van der Waals surface area contributed by atoms with E-state index < -0.39 is 0 Å². The number of nitrogens with two attached hydrogens (primary N) is 2. The second kappa shape index (κ2) is 4.33. The van der Waals surface area contributed by atoms with Gasteiger partial charge in [-0.25, -0.2) is 0 Å². The maximum absolute atomic E-state index is 6.07. The van der Waals surface area contributed by atoms with Gasteiger partial charge < -0.3 is 26.0 Å². The van der Waals surface area contributed by atoms with E-state index in [0.717, 1.165) is 18.8 Å². The van der Waals surface area contributed by atoms with Crippen molar-refractivity contribution in [3.63, 3.8) is 0 Å². The average Bonchev–Trinajstić information content (AvgIpc) is 2.20. The number of nitrogens with zero attached hydrogens (tertiary/aromatic N) is 2. The summed E-state index contributed by atoms with van der Waals surface area (Å²) in [6.07, 6.45) is 0. The van der Waals surface area contributed by atoms with Crippen molar-refractivity contribution >= 4 is 17.1 Å². The summed E-state index contributed by atoms with van der Waals surface area (Å²) in [5.74, 6) is 0.683. The molecule has 1 aromatic carbocycles. The molecule has 2 rings (SSSR count). The van der Waals surface area contributed by atoms with Crippen molar-refractivity contribution < 1.29 is 4.74 Å². The van der Waals surface area contributed by atoms with Crippen molar-refractivity contribution in [2.75, 3.05) is 50.7 Å². The van der Waals surface area contributed by atoms with Crippen LogP contribution in [0.2, 0.25) is 0 Å². The Hall–Kier alpha value is -1.62. The highest BCUT2D eigenvalue weighted by atomic mass is 16.5. The number of benzene rings is 1. The number of anilines is 3. The third-order valence-corrected chi connectivity index (χ3v) is 3.34. The van der Waals surface area contributed by atoms with Crippen LogP contribution in [0.1, 0.15) is 0 Å².